The van der Waals surface area contributed by atoms with Crippen LogP contribution in [0.5, 0.6) is 0 Å². The van der Waals surface area contributed by atoms with E-state index in [9.17, 15) is 0 Å². The van der Waals surface area contributed by atoms with Gasteiger partial charge in [-0.3, -0.25) is 9.88 Å². The molecule has 2 rings (SSSR count). The number of nitrogens with zero attached hydrogens (tertiary/aromatic N) is 2. The van der Waals surface area contributed by atoms with Crippen LogP contribution < -0.4 is 0 Å². The van der Waals surface area contributed by atoms with E-state index < -0.39 is 0 Å². The molecule has 1 aromatic carbocycles. The molecule has 0 amide bonds. The summed E-state index contributed by atoms with van der Waals surface area (Å²) in [7, 11) is 2.11. The number of halogens is 1. The minimum Gasteiger partial charge on any atom is -0.296 e. The first-order valence-electron chi connectivity index (χ1n) is 5.57. The molecule has 3 heteroatoms. The van der Waals surface area contributed by atoms with Crippen LogP contribution in [0.1, 0.15) is 11.3 Å². The lowest BCUT2D eigenvalue weighted by Crippen LogP contribution is -2.17. The Morgan fingerprint density at radius 2 is 1.82 bits per heavy atom. The molecule has 0 radical (unpaired) electrons. The van der Waals surface area contributed by atoms with Gasteiger partial charge in [0.1, 0.15) is 0 Å². The second-order valence-electron chi connectivity index (χ2n) is 4.12. The van der Waals surface area contributed by atoms with E-state index in [1.165, 1.54) is 5.56 Å². The smallest absolute Gasteiger partial charge is 0.0543 e. The molecule has 88 valence electrons. The average molecular weight is 291 g/mol. The highest BCUT2D eigenvalue weighted by Crippen LogP contribution is 2.12. The molecule has 2 nitrogen and oxygen atoms in total. The minimum absolute atomic E-state index is 0.872. The molecule has 0 saturated carbocycles. The van der Waals surface area contributed by atoms with Crippen LogP contribution in [0.3, 0.4) is 0 Å². The van der Waals surface area contributed by atoms with Crippen molar-refractivity contribution in [3.05, 3.63) is 64.4 Å². The van der Waals surface area contributed by atoms with Gasteiger partial charge in [0.05, 0.1) is 5.69 Å². The zero-order valence-corrected chi connectivity index (χ0v) is 11.4. The lowest BCUT2D eigenvalue weighted by atomic mass is 10.2. The van der Waals surface area contributed by atoms with Crippen molar-refractivity contribution in [2.24, 2.45) is 0 Å². The Morgan fingerprint density at radius 1 is 1.06 bits per heavy atom. The molecule has 0 fully saturated rings. The number of benzene rings is 1. The number of hydrogen-bond donors (Lipinski definition) is 0. The molecule has 0 atom stereocenters. The molecule has 0 N–H and O–H groups in total. The highest BCUT2D eigenvalue weighted by molar-refractivity contribution is 9.10. The third-order valence-electron chi connectivity index (χ3n) is 2.52. The number of aromatic nitrogens is 1. The molecular weight excluding hydrogens is 276 g/mol. The summed E-state index contributed by atoms with van der Waals surface area (Å²) in [5.74, 6) is 0. The summed E-state index contributed by atoms with van der Waals surface area (Å²) in [6.45, 7) is 1.81. The van der Waals surface area contributed by atoms with Crippen molar-refractivity contribution >= 4 is 15.9 Å². The lowest BCUT2D eigenvalue weighted by molar-refractivity contribution is 0.315. The van der Waals surface area contributed by atoms with Gasteiger partial charge >= 0.3 is 0 Å². The van der Waals surface area contributed by atoms with Crippen LogP contribution in [0.25, 0.3) is 0 Å². The highest BCUT2D eigenvalue weighted by Gasteiger charge is 2.02. The van der Waals surface area contributed by atoms with E-state index >= 15 is 0 Å². The normalized spacial score (nSPS) is 10.8. The fourth-order valence-corrected chi connectivity index (χ4v) is 1.99. The van der Waals surface area contributed by atoms with E-state index in [4.69, 9.17) is 0 Å². The predicted molar refractivity (Wildman–Crippen MR) is 73.6 cm³/mol. The van der Waals surface area contributed by atoms with Crippen molar-refractivity contribution in [2.75, 3.05) is 7.05 Å². The first kappa shape index (κ1) is 12.3. The van der Waals surface area contributed by atoms with Crippen LogP contribution in [-0.4, -0.2) is 16.9 Å². The summed E-state index contributed by atoms with van der Waals surface area (Å²) in [6, 6.07) is 14.4. The topological polar surface area (TPSA) is 16.1 Å². The Bertz CT molecular complexity index is 453. The second-order valence-corrected chi connectivity index (χ2v) is 5.04. The number of rotatable bonds is 4. The maximum atomic E-state index is 4.33. The van der Waals surface area contributed by atoms with Crippen LogP contribution >= 0.6 is 15.9 Å². The predicted octanol–water partition coefficient (Wildman–Crippen LogP) is 3.48. The van der Waals surface area contributed by atoms with E-state index in [0.29, 0.717) is 0 Å². The van der Waals surface area contributed by atoms with Gasteiger partial charge in [0.15, 0.2) is 0 Å². The third-order valence-corrected chi connectivity index (χ3v) is 3.05. The first-order valence-corrected chi connectivity index (χ1v) is 6.36. The summed E-state index contributed by atoms with van der Waals surface area (Å²) < 4.78 is 1.12. The maximum Gasteiger partial charge on any atom is 0.0543 e. The SMILES string of the molecule is CN(Cc1ccc(Br)cc1)Cc1ccccn1. The molecule has 17 heavy (non-hydrogen) atoms. The van der Waals surface area contributed by atoms with E-state index in [1.807, 2.05) is 18.3 Å². The molecule has 0 aliphatic heterocycles. The largest absolute Gasteiger partial charge is 0.296 e. The maximum absolute atomic E-state index is 4.33. The summed E-state index contributed by atoms with van der Waals surface area (Å²) in [4.78, 5) is 6.58. The van der Waals surface area contributed by atoms with Gasteiger partial charge in [0, 0.05) is 23.8 Å². The number of pyridine rings is 1. The van der Waals surface area contributed by atoms with Gasteiger partial charge < -0.3 is 0 Å². The zero-order valence-electron chi connectivity index (χ0n) is 9.81. The van der Waals surface area contributed by atoms with Gasteiger partial charge in [0.2, 0.25) is 0 Å². The van der Waals surface area contributed by atoms with E-state index in [1.54, 1.807) is 0 Å². The highest BCUT2D eigenvalue weighted by atomic mass is 79.9. The zero-order chi connectivity index (χ0) is 12.1. The fraction of sp³-hybridized carbons (Fsp3) is 0.214. The minimum atomic E-state index is 0.872. The summed E-state index contributed by atoms with van der Waals surface area (Å²) in [5, 5.41) is 0. The average Bonchev–Trinajstić information content (AvgIpc) is 2.33. The van der Waals surface area contributed by atoms with Gasteiger partial charge in [0.25, 0.3) is 0 Å². The molecule has 0 spiro atoms. The quantitative estimate of drug-likeness (QED) is 0.857. The Labute approximate surface area is 110 Å². The van der Waals surface area contributed by atoms with Gasteiger partial charge in [-0.05, 0) is 36.9 Å². The molecular formula is C14H15BrN2. The van der Waals surface area contributed by atoms with Crippen LogP contribution in [0, 0.1) is 0 Å². The van der Waals surface area contributed by atoms with Crippen molar-refractivity contribution in [3.8, 4) is 0 Å². The van der Waals surface area contributed by atoms with Crippen molar-refractivity contribution < 1.29 is 0 Å². The van der Waals surface area contributed by atoms with Crippen molar-refractivity contribution in [1.29, 1.82) is 0 Å². The van der Waals surface area contributed by atoms with Crippen LogP contribution in [0.15, 0.2) is 53.1 Å². The van der Waals surface area contributed by atoms with E-state index in [0.717, 1.165) is 23.3 Å². The van der Waals surface area contributed by atoms with Crippen molar-refractivity contribution in [2.45, 2.75) is 13.1 Å². The summed E-state index contributed by atoms with van der Waals surface area (Å²) in [5.41, 5.74) is 2.42. The van der Waals surface area contributed by atoms with Crippen LogP contribution in [0.4, 0.5) is 0 Å². The molecule has 0 saturated heterocycles. The summed E-state index contributed by atoms with van der Waals surface area (Å²) in [6.07, 6.45) is 1.84. The molecule has 1 aromatic heterocycles. The third kappa shape index (κ3) is 3.95. The van der Waals surface area contributed by atoms with Crippen molar-refractivity contribution in [1.82, 2.24) is 9.88 Å². The van der Waals surface area contributed by atoms with Crippen molar-refractivity contribution in [3.63, 3.8) is 0 Å². The van der Waals surface area contributed by atoms with Gasteiger partial charge in [-0.1, -0.05) is 34.1 Å². The Kier molecular flexibility index (Phi) is 4.29. The second kappa shape index (κ2) is 5.94. The van der Waals surface area contributed by atoms with Gasteiger partial charge in [-0.25, -0.2) is 0 Å². The first-order chi connectivity index (χ1) is 8.24. The number of hydrogen-bond acceptors (Lipinski definition) is 2. The molecule has 0 aliphatic rings. The molecule has 2 aromatic rings. The molecule has 1 heterocycles. The Hall–Kier alpha value is -1.19. The molecule has 0 bridgehead atoms. The molecule has 0 unspecified atom stereocenters. The standard InChI is InChI=1S/C14H15BrN2/c1-17(11-14-4-2-3-9-16-14)10-12-5-7-13(15)8-6-12/h2-9H,10-11H2,1H3. The fourth-order valence-electron chi connectivity index (χ4n) is 1.73. The summed E-state index contributed by atoms with van der Waals surface area (Å²) >= 11 is 3.44. The Balaban J connectivity index is 1.93. The van der Waals surface area contributed by atoms with Gasteiger partial charge in [-0.15, -0.1) is 0 Å². The van der Waals surface area contributed by atoms with Gasteiger partial charge in [-0.2, -0.15) is 0 Å². The van der Waals surface area contributed by atoms with Crippen LogP contribution in [-0.2, 0) is 13.1 Å². The van der Waals surface area contributed by atoms with Crippen LogP contribution in [0.2, 0.25) is 0 Å². The Morgan fingerprint density at radius 3 is 2.47 bits per heavy atom. The molecule has 0 aliphatic carbocycles. The van der Waals surface area contributed by atoms with E-state index in [-0.39, 0.29) is 0 Å². The lowest BCUT2D eigenvalue weighted by Gasteiger charge is -2.16. The van der Waals surface area contributed by atoms with E-state index in [2.05, 4.69) is 63.2 Å². The monoisotopic (exact) mass is 290 g/mol.